The van der Waals surface area contributed by atoms with Gasteiger partial charge in [0.15, 0.2) is 0 Å². The molecule has 0 atom stereocenters. The van der Waals surface area contributed by atoms with Gasteiger partial charge < -0.3 is 9.84 Å². The quantitative estimate of drug-likeness (QED) is 0.612. The lowest BCUT2D eigenvalue weighted by atomic mass is 10.1. The van der Waals surface area contributed by atoms with E-state index in [1.807, 2.05) is 23.9 Å². The van der Waals surface area contributed by atoms with Crippen molar-refractivity contribution in [1.82, 2.24) is 0 Å². The van der Waals surface area contributed by atoms with Gasteiger partial charge in [-0.05, 0) is 29.9 Å². The van der Waals surface area contributed by atoms with Crippen LogP contribution in [0.3, 0.4) is 0 Å². The number of unbranched alkanes of at least 4 members (excludes halogenated alkanes) is 2. The van der Waals surface area contributed by atoms with E-state index in [1.165, 1.54) is 30.6 Å². The van der Waals surface area contributed by atoms with Crippen molar-refractivity contribution in [2.24, 2.45) is 0 Å². The third-order valence-corrected chi connectivity index (χ3v) is 3.84. The van der Waals surface area contributed by atoms with Crippen molar-refractivity contribution in [2.45, 2.75) is 31.9 Å². The second-order valence-electron chi connectivity index (χ2n) is 4.25. The van der Waals surface area contributed by atoms with Gasteiger partial charge in [-0.25, -0.2) is 0 Å². The Morgan fingerprint density at radius 3 is 2.84 bits per heavy atom. The van der Waals surface area contributed by atoms with E-state index < -0.39 is 0 Å². The van der Waals surface area contributed by atoms with Gasteiger partial charge in [0.2, 0.25) is 0 Å². The Labute approximate surface area is 120 Å². The van der Waals surface area contributed by atoms with Crippen molar-refractivity contribution in [3.05, 3.63) is 29.3 Å². The van der Waals surface area contributed by atoms with Crippen LogP contribution >= 0.6 is 11.8 Å². The minimum absolute atomic E-state index is 0.126. The van der Waals surface area contributed by atoms with Crippen LogP contribution in [0.5, 0.6) is 5.75 Å². The normalized spacial score (nSPS) is 9.84. The molecule has 0 aromatic heterocycles. The average Bonchev–Trinajstić information content (AvgIpc) is 2.45. The Kier molecular flexibility index (Phi) is 8.20. The Morgan fingerprint density at radius 1 is 1.32 bits per heavy atom. The molecule has 0 fully saturated rings. The molecule has 0 aliphatic carbocycles. The van der Waals surface area contributed by atoms with Crippen molar-refractivity contribution >= 4 is 11.8 Å². The van der Waals surface area contributed by atoms with Crippen molar-refractivity contribution in [3.8, 4) is 17.6 Å². The summed E-state index contributed by atoms with van der Waals surface area (Å²) < 4.78 is 5.26. The molecule has 1 rings (SSSR count). The van der Waals surface area contributed by atoms with Gasteiger partial charge in [0.05, 0.1) is 12.7 Å². The third kappa shape index (κ3) is 6.04. The van der Waals surface area contributed by atoms with E-state index in [2.05, 4.69) is 24.8 Å². The summed E-state index contributed by atoms with van der Waals surface area (Å²) in [5.41, 5.74) is 2.10. The van der Waals surface area contributed by atoms with E-state index in [4.69, 9.17) is 9.84 Å². The molecule has 1 aromatic rings. The van der Waals surface area contributed by atoms with Crippen molar-refractivity contribution in [2.75, 3.05) is 19.5 Å². The van der Waals surface area contributed by atoms with Crippen LogP contribution < -0.4 is 4.74 Å². The number of hydrogen-bond donors (Lipinski definition) is 1. The van der Waals surface area contributed by atoms with E-state index in [1.54, 1.807) is 7.11 Å². The third-order valence-electron chi connectivity index (χ3n) is 2.73. The number of rotatable bonds is 7. The number of aliphatic hydroxyl groups is 1. The summed E-state index contributed by atoms with van der Waals surface area (Å²) in [6.07, 6.45) is 3.86. The van der Waals surface area contributed by atoms with Crippen LogP contribution in [0.4, 0.5) is 0 Å². The Morgan fingerprint density at radius 2 is 2.16 bits per heavy atom. The summed E-state index contributed by atoms with van der Waals surface area (Å²) in [5.74, 6) is 8.57. The fraction of sp³-hybridized carbons (Fsp3) is 0.500. The minimum atomic E-state index is -0.126. The SMILES string of the molecule is CCCCCSCc1ccc(OC)c(C#CCO)c1. The summed E-state index contributed by atoms with van der Waals surface area (Å²) in [4.78, 5) is 0. The molecule has 0 aliphatic rings. The first-order valence-corrected chi connectivity index (χ1v) is 7.81. The summed E-state index contributed by atoms with van der Waals surface area (Å²) in [6, 6.07) is 6.08. The van der Waals surface area contributed by atoms with E-state index >= 15 is 0 Å². The topological polar surface area (TPSA) is 29.5 Å². The molecule has 2 nitrogen and oxygen atoms in total. The lowest BCUT2D eigenvalue weighted by Crippen LogP contribution is -1.91. The predicted octanol–water partition coefficient (Wildman–Crippen LogP) is 3.46. The Bertz CT molecular complexity index is 432. The maximum atomic E-state index is 8.77. The molecule has 0 amide bonds. The van der Waals surface area contributed by atoms with Crippen molar-refractivity contribution < 1.29 is 9.84 Å². The summed E-state index contributed by atoms with van der Waals surface area (Å²) in [5, 5.41) is 8.77. The van der Waals surface area contributed by atoms with Crippen LogP contribution in [-0.2, 0) is 5.75 Å². The van der Waals surface area contributed by atoms with Crippen LogP contribution in [0.25, 0.3) is 0 Å². The van der Waals surface area contributed by atoms with Gasteiger partial charge in [-0.15, -0.1) is 0 Å². The van der Waals surface area contributed by atoms with E-state index in [9.17, 15) is 0 Å². The first-order chi connectivity index (χ1) is 9.31. The largest absolute Gasteiger partial charge is 0.495 e. The van der Waals surface area contributed by atoms with Gasteiger partial charge in [0.1, 0.15) is 12.4 Å². The van der Waals surface area contributed by atoms with Crippen molar-refractivity contribution in [1.29, 1.82) is 0 Å². The van der Waals surface area contributed by atoms with E-state index in [0.29, 0.717) is 0 Å². The molecule has 0 saturated heterocycles. The molecule has 19 heavy (non-hydrogen) atoms. The molecule has 104 valence electrons. The molecule has 3 heteroatoms. The maximum Gasteiger partial charge on any atom is 0.134 e. The molecule has 0 aliphatic heterocycles. The summed E-state index contributed by atoms with van der Waals surface area (Å²) in [7, 11) is 1.64. The zero-order valence-electron chi connectivity index (χ0n) is 11.7. The number of hydrogen-bond acceptors (Lipinski definition) is 3. The fourth-order valence-electron chi connectivity index (χ4n) is 1.72. The Hall–Kier alpha value is -1.11. The minimum Gasteiger partial charge on any atom is -0.495 e. The highest BCUT2D eigenvalue weighted by molar-refractivity contribution is 7.98. The molecule has 0 radical (unpaired) electrons. The molecule has 0 spiro atoms. The summed E-state index contributed by atoms with van der Waals surface area (Å²) >= 11 is 1.95. The second-order valence-corrected chi connectivity index (χ2v) is 5.36. The van der Waals surface area contributed by atoms with Gasteiger partial charge in [0, 0.05) is 5.75 Å². The molecular weight excluding hydrogens is 256 g/mol. The number of ether oxygens (including phenoxy) is 1. The molecule has 1 aromatic carbocycles. The Balaban J connectivity index is 2.59. The van der Waals surface area contributed by atoms with Crippen LogP contribution in [0.15, 0.2) is 18.2 Å². The standard InChI is InChI=1S/C16H22O2S/c1-3-4-5-11-19-13-14-8-9-16(18-2)15(12-14)7-6-10-17/h8-9,12,17H,3-5,10-11,13H2,1-2H3. The van der Waals surface area contributed by atoms with Gasteiger partial charge >= 0.3 is 0 Å². The lowest BCUT2D eigenvalue weighted by Gasteiger charge is -2.06. The molecule has 1 N–H and O–H groups in total. The molecular formula is C16H22O2S. The van der Waals surface area contributed by atoms with Gasteiger partial charge in [-0.3, -0.25) is 0 Å². The monoisotopic (exact) mass is 278 g/mol. The second kappa shape index (κ2) is 9.77. The smallest absolute Gasteiger partial charge is 0.134 e. The first-order valence-electron chi connectivity index (χ1n) is 6.66. The molecule has 0 bridgehead atoms. The number of benzene rings is 1. The molecule has 0 heterocycles. The van der Waals surface area contributed by atoms with Gasteiger partial charge in [-0.1, -0.05) is 37.7 Å². The average molecular weight is 278 g/mol. The van der Waals surface area contributed by atoms with Gasteiger partial charge in [0.25, 0.3) is 0 Å². The highest BCUT2D eigenvalue weighted by Gasteiger charge is 2.02. The van der Waals surface area contributed by atoms with Crippen LogP contribution in [0, 0.1) is 11.8 Å². The highest BCUT2D eigenvalue weighted by atomic mass is 32.2. The number of aliphatic hydroxyl groups excluding tert-OH is 1. The van der Waals surface area contributed by atoms with Gasteiger partial charge in [-0.2, -0.15) is 11.8 Å². The van der Waals surface area contributed by atoms with Crippen LogP contribution in [0.2, 0.25) is 0 Å². The first kappa shape index (κ1) is 15.9. The molecule has 0 unspecified atom stereocenters. The molecule has 0 saturated carbocycles. The van der Waals surface area contributed by atoms with E-state index in [0.717, 1.165) is 17.1 Å². The zero-order valence-corrected chi connectivity index (χ0v) is 12.6. The van der Waals surface area contributed by atoms with Crippen LogP contribution in [-0.4, -0.2) is 24.6 Å². The maximum absolute atomic E-state index is 8.77. The number of thioether (sulfide) groups is 1. The van der Waals surface area contributed by atoms with E-state index in [-0.39, 0.29) is 6.61 Å². The van der Waals surface area contributed by atoms with Crippen LogP contribution in [0.1, 0.15) is 37.3 Å². The highest BCUT2D eigenvalue weighted by Crippen LogP contribution is 2.22. The number of methoxy groups -OCH3 is 1. The fourth-order valence-corrected chi connectivity index (χ4v) is 2.69. The summed E-state index contributed by atoms with van der Waals surface area (Å²) in [6.45, 7) is 2.10. The predicted molar refractivity (Wildman–Crippen MR) is 82.6 cm³/mol. The van der Waals surface area contributed by atoms with Crippen molar-refractivity contribution in [3.63, 3.8) is 0 Å². The lowest BCUT2D eigenvalue weighted by molar-refractivity contribution is 0.350. The zero-order chi connectivity index (χ0) is 13.9.